The third kappa shape index (κ3) is 3.51. The second-order valence-electron chi connectivity index (χ2n) is 6.03. The van der Waals surface area contributed by atoms with Gasteiger partial charge in [-0.2, -0.15) is 0 Å². The maximum absolute atomic E-state index is 4.07. The van der Waals surface area contributed by atoms with Crippen LogP contribution in [-0.2, 0) is 6.42 Å². The Hall–Kier alpha value is -1.67. The highest BCUT2D eigenvalue weighted by Crippen LogP contribution is 2.36. The molecule has 1 aliphatic rings. The molecule has 2 aromatic rings. The van der Waals surface area contributed by atoms with E-state index >= 15 is 0 Å². The number of aryl methyl sites for hydroxylation is 1. The van der Waals surface area contributed by atoms with Gasteiger partial charge in [-0.3, -0.25) is 4.98 Å². The van der Waals surface area contributed by atoms with Gasteiger partial charge in [0.15, 0.2) is 0 Å². The normalized spacial score (nSPS) is 16.4. The van der Waals surface area contributed by atoms with Crippen LogP contribution >= 0.6 is 0 Å². The Morgan fingerprint density at radius 1 is 1.10 bits per heavy atom. The minimum absolute atomic E-state index is 0.425. The van der Waals surface area contributed by atoms with Crippen LogP contribution in [0.4, 0.5) is 0 Å². The van der Waals surface area contributed by atoms with Crippen LogP contribution < -0.4 is 5.32 Å². The van der Waals surface area contributed by atoms with Crippen LogP contribution in [0.5, 0.6) is 0 Å². The maximum atomic E-state index is 4.07. The molecular formula is C19H24N2. The minimum Gasteiger partial charge on any atom is -0.313 e. The molecule has 1 aromatic heterocycles. The minimum atomic E-state index is 0.425. The molecule has 1 aromatic carbocycles. The fourth-order valence-corrected chi connectivity index (χ4v) is 3.08. The van der Waals surface area contributed by atoms with Crippen LogP contribution in [-0.4, -0.2) is 12.0 Å². The molecule has 3 rings (SSSR count). The molecular weight excluding hydrogens is 256 g/mol. The molecule has 1 heterocycles. The molecule has 0 saturated heterocycles. The van der Waals surface area contributed by atoms with E-state index in [2.05, 4.69) is 53.7 Å². The first kappa shape index (κ1) is 14.3. The van der Waals surface area contributed by atoms with Crippen LogP contribution in [0.15, 0.2) is 48.8 Å². The SMILES string of the molecule is CNC(CCc1ccncc1)c1ccc(C2CCC2)cc1. The monoisotopic (exact) mass is 280 g/mol. The number of rotatable bonds is 6. The zero-order valence-electron chi connectivity index (χ0n) is 12.8. The van der Waals surface area contributed by atoms with Crippen molar-refractivity contribution in [3.05, 3.63) is 65.5 Å². The predicted molar refractivity (Wildman–Crippen MR) is 87.4 cm³/mol. The van der Waals surface area contributed by atoms with E-state index in [-0.39, 0.29) is 0 Å². The lowest BCUT2D eigenvalue weighted by molar-refractivity contribution is 0.419. The summed E-state index contributed by atoms with van der Waals surface area (Å²) < 4.78 is 0. The number of aromatic nitrogens is 1. The molecule has 0 bridgehead atoms. The predicted octanol–water partition coefficient (Wildman–Crippen LogP) is 4.24. The van der Waals surface area contributed by atoms with Crippen LogP contribution in [0, 0.1) is 0 Å². The number of hydrogen-bond donors (Lipinski definition) is 1. The molecule has 110 valence electrons. The molecule has 21 heavy (non-hydrogen) atoms. The van der Waals surface area contributed by atoms with Crippen molar-refractivity contribution in [3.8, 4) is 0 Å². The Morgan fingerprint density at radius 3 is 2.38 bits per heavy atom. The van der Waals surface area contributed by atoms with Gasteiger partial charge >= 0.3 is 0 Å². The van der Waals surface area contributed by atoms with Crippen LogP contribution in [0.2, 0.25) is 0 Å². The standard InChI is InChI=1S/C19H24N2/c1-20-19(10-5-15-11-13-21-14-12-15)18-8-6-17(7-9-18)16-3-2-4-16/h6-9,11-14,16,19-20H,2-5,10H2,1H3. The summed E-state index contributed by atoms with van der Waals surface area (Å²) in [5, 5.41) is 3.45. The molecule has 1 fully saturated rings. The number of nitrogens with zero attached hydrogens (tertiary/aromatic N) is 1. The van der Waals surface area contributed by atoms with Crippen molar-refractivity contribution in [2.75, 3.05) is 7.05 Å². The number of pyridine rings is 1. The third-order valence-electron chi connectivity index (χ3n) is 4.73. The van der Waals surface area contributed by atoms with Gasteiger partial charge < -0.3 is 5.32 Å². The van der Waals surface area contributed by atoms with E-state index < -0.39 is 0 Å². The summed E-state index contributed by atoms with van der Waals surface area (Å²) in [6.45, 7) is 0. The molecule has 0 amide bonds. The number of hydrogen-bond acceptors (Lipinski definition) is 2. The Bertz CT molecular complexity index is 544. The molecule has 1 atom stereocenters. The second-order valence-corrected chi connectivity index (χ2v) is 6.03. The summed E-state index contributed by atoms with van der Waals surface area (Å²) in [5.41, 5.74) is 4.28. The highest BCUT2D eigenvalue weighted by Gasteiger charge is 2.19. The summed E-state index contributed by atoms with van der Waals surface area (Å²) in [6.07, 6.45) is 10.1. The lowest BCUT2D eigenvalue weighted by Crippen LogP contribution is -2.17. The molecule has 0 radical (unpaired) electrons. The molecule has 1 N–H and O–H groups in total. The van der Waals surface area contributed by atoms with E-state index in [1.54, 1.807) is 0 Å². The Labute approximate surface area is 127 Å². The van der Waals surface area contributed by atoms with E-state index in [4.69, 9.17) is 0 Å². The Kier molecular flexibility index (Phi) is 4.66. The number of nitrogens with one attached hydrogen (secondary N) is 1. The van der Waals surface area contributed by atoms with E-state index in [0.717, 1.165) is 18.8 Å². The molecule has 0 aliphatic heterocycles. The van der Waals surface area contributed by atoms with Gasteiger partial charge in [-0.05, 0) is 67.5 Å². The van der Waals surface area contributed by atoms with Gasteiger partial charge in [0.25, 0.3) is 0 Å². The van der Waals surface area contributed by atoms with Crippen molar-refractivity contribution in [2.45, 2.75) is 44.1 Å². The zero-order chi connectivity index (χ0) is 14.5. The van der Waals surface area contributed by atoms with Gasteiger partial charge in [-0.25, -0.2) is 0 Å². The van der Waals surface area contributed by atoms with Crippen molar-refractivity contribution < 1.29 is 0 Å². The van der Waals surface area contributed by atoms with Crippen molar-refractivity contribution in [2.24, 2.45) is 0 Å². The van der Waals surface area contributed by atoms with Gasteiger partial charge in [-0.15, -0.1) is 0 Å². The van der Waals surface area contributed by atoms with Gasteiger partial charge in [-0.1, -0.05) is 30.7 Å². The summed E-state index contributed by atoms with van der Waals surface area (Å²) in [4.78, 5) is 4.07. The molecule has 1 aliphatic carbocycles. The summed E-state index contributed by atoms with van der Waals surface area (Å²) in [5.74, 6) is 0.823. The fourth-order valence-electron chi connectivity index (χ4n) is 3.08. The highest BCUT2D eigenvalue weighted by molar-refractivity contribution is 5.28. The van der Waals surface area contributed by atoms with Crippen molar-refractivity contribution in [1.29, 1.82) is 0 Å². The quantitative estimate of drug-likeness (QED) is 0.856. The first-order valence-corrected chi connectivity index (χ1v) is 8.03. The second kappa shape index (κ2) is 6.86. The van der Waals surface area contributed by atoms with E-state index in [0.29, 0.717) is 6.04 Å². The van der Waals surface area contributed by atoms with Gasteiger partial charge in [0.1, 0.15) is 0 Å². The van der Waals surface area contributed by atoms with E-state index in [1.165, 1.54) is 36.0 Å². The van der Waals surface area contributed by atoms with E-state index in [1.807, 2.05) is 12.4 Å². The van der Waals surface area contributed by atoms with Gasteiger partial charge in [0.05, 0.1) is 0 Å². The largest absolute Gasteiger partial charge is 0.313 e. The third-order valence-corrected chi connectivity index (χ3v) is 4.73. The molecule has 1 saturated carbocycles. The molecule has 2 heteroatoms. The van der Waals surface area contributed by atoms with Gasteiger partial charge in [0, 0.05) is 18.4 Å². The van der Waals surface area contributed by atoms with Crippen LogP contribution in [0.1, 0.15) is 54.3 Å². The number of benzene rings is 1. The summed E-state index contributed by atoms with van der Waals surface area (Å²) >= 11 is 0. The smallest absolute Gasteiger partial charge is 0.0320 e. The molecule has 1 unspecified atom stereocenters. The first-order chi connectivity index (χ1) is 10.4. The van der Waals surface area contributed by atoms with Crippen LogP contribution in [0.3, 0.4) is 0 Å². The Morgan fingerprint density at radius 2 is 1.81 bits per heavy atom. The highest BCUT2D eigenvalue weighted by atomic mass is 14.9. The molecule has 2 nitrogen and oxygen atoms in total. The van der Waals surface area contributed by atoms with Crippen molar-refractivity contribution in [3.63, 3.8) is 0 Å². The fraction of sp³-hybridized carbons (Fsp3) is 0.421. The zero-order valence-corrected chi connectivity index (χ0v) is 12.8. The summed E-state index contributed by atoms with van der Waals surface area (Å²) in [7, 11) is 2.05. The van der Waals surface area contributed by atoms with E-state index in [9.17, 15) is 0 Å². The first-order valence-electron chi connectivity index (χ1n) is 8.03. The average Bonchev–Trinajstić information content (AvgIpc) is 2.49. The average molecular weight is 280 g/mol. The summed E-state index contributed by atoms with van der Waals surface area (Å²) in [6, 6.07) is 13.9. The lowest BCUT2D eigenvalue weighted by Gasteiger charge is -2.26. The molecule has 0 spiro atoms. The maximum Gasteiger partial charge on any atom is 0.0320 e. The van der Waals surface area contributed by atoms with Crippen LogP contribution in [0.25, 0.3) is 0 Å². The lowest BCUT2D eigenvalue weighted by atomic mass is 9.80. The van der Waals surface area contributed by atoms with Gasteiger partial charge in [0.2, 0.25) is 0 Å². The topological polar surface area (TPSA) is 24.9 Å². The Balaban J connectivity index is 1.62. The van der Waals surface area contributed by atoms with Crippen molar-refractivity contribution in [1.82, 2.24) is 10.3 Å². The van der Waals surface area contributed by atoms with Crippen molar-refractivity contribution >= 4 is 0 Å².